The summed E-state index contributed by atoms with van der Waals surface area (Å²) >= 11 is 1.33. The van der Waals surface area contributed by atoms with Crippen LogP contribution in [0, 0.1) is 18.8 Å². The first-order valence-corrected chi connectivity index (χ1v) is 14.6. The Bertz CT molecular complexity index is 874. The Morgan fingerprint density at radius 2 is 1.78 bits per heavy atom. The number of likely N-dealkylation sites (tertiary alicyclic amines) is 1. The summed E-state index contributed by atoms with van der Waals surface area (Å²) < 4.78 is 5.09. The third-order valence-corrected chi connectivity index (χ3v) is 9.11. The number of piperidine rings is 1. The first-order chi connectivity index (χ1) is 17.4. The Morgan fingerprint density at radius 3 is 2.42 bits per heavy atom. The number of aromatic nitrogens is 1. The lowest BCUT2D eigenvalue weighted by atomic mass is 9.83. The fourth-order valence-corrected chi connectivity index (χ4v) is 6.84. The van der Waals surface area contributed by atoms with Gasteiger partial charge in [-0.1, -0.05) is 51.4 Å². The van der Waals surface area contributed by atoms with Gasteiger partial charge in [0, 0.05) is 36.2 Å². The number of carbonyl (C=O) groups excluding carboxylic acids is 3. The molecular formula is C27H42N4O4S. The van der Waals surface area contributed by atoms with E-state index >= 15 is 0 Å². The van der Waals surface area contributed by atoms with Crippen molar-refractivity contribution in [2.24, 2.45) is 11.8 Å². The molecular weight excluding hydrogens is 476 g/mol. The number of nitrogens with one attached hydrogen (secondary N) is 2. The molecule has 36 heavy (non-hydrogen) atoms. The highest BCUT2D eigenvalue weighted by molar-refractivity contribution is 7.13. The first kappa shape index (κ1) is 27.0. The zero-order valence-electron chi connectivity index (χ0n) is 21.8. The quantitative estimate of drug-likeness (QED) is 0.507. The summed E-state index contributed by atoms with van der Waals surface area (Å²) in [5.74, 6) is -0.583. The number of carbonyl (C=O) groups is 3. The van der Waals surface area contributed by atoms with Crippen LogP contribution in [-0.4, -0.2) is 66.0 Å². The average Bonchev–Trinajstić information content (AvgIpc) is 3.35. The van der Waals surface area contributed by atoms with Crippen LogP contribution in [0.25, 0.3) is 0 Å². The third kappa shape index (κ3) is 7.06. The molecule has 0 radical (unpaired) electrons. The SMILES string of the molecule is COC(=O)[C@H]1CN(C(=O)C(CC2CCCCC2)NC2CCCCC2)CC[C@H]1NC(=O)c1ncc(C)s1. The monoisotopic (exact) mass is 518 g/mol. The standard InChI is InChI=1S/C27H42N4O4S/c1-18-16-28-25(36-18)24(32)30-22-13-14-31(17-21(22)27(34)35-2)26(33)23(15-19-9-5-3-6-10-19)29-20-11-7-4-8-12-20/h16,19-23,29H,3-15,17H2,1-2H3,(H,30,32)/t21-,22+,23?/m0/s1. The maximum Gasteiger partial charge on any atom is 0.312 e. The molecule has 2 N–H and O–H groups in total. The predicted molar refractivity (Wildman–Crippen MR) is 140 cm³/mol. The smallest absolute Gasteiger partial charge is 0.312 e. The van der Waals surface area contributed by atoms with Gasteiger partial charge in [0.05, 0.1) is 19.1 Å². The van der Waals surface area contributed by atoms with Crippen LogP contribution in [0.2, 0.25) is 0 Å². The highest BCUT2D eigenvalue weighted by atomic mass is 32.1. The van der Waals surface area contributed by atoms with Crippen molar-refractivity contribution in [1.82, 2.24) is 20.5 Å². The van der Waals surface area contributed by atoms with E-state index in [1.807, 2.05) is 11.8 Å². The topological polar surface area (TPSA) is 101 Å². The van der Waals surface area contributed by atoms with Crippen molar-refractivity contribution in [2.45, 2.75) is 102 Å². The minimum Gasteiger partial charge on any atom is -0.469 e. The Morgan fingerprint density at radius 1 is 1.08 bits per heavy atom. The summed E-state index contributed by atoms with van der Waals surface area (Å²) in [6, 6.07) is -0.202. The Hall–Kier alpha value is -2.00. The summed E-state index contributed by atoms with van der Waals surface area (Å²) in [5, 5.41) is 7.12. The molecule has 1 unspecified atom stereocenters. The minimum absolute atomic E-state index is 0.0976. The van der Waals surface area contributed by atoms with Crippen molar-refractivity contribution >= 4 is 29.1 Å². The van der Waals surface area contributed by atoms with Crippen LogP contribution < -0.4 is 10.6 Å². The molecule has 0 spiro atoms. The van der Waals surface area contributed by atoms with Crippen LogP contribution in [0.15, 0.2) is 6.20 Å². The number of methoxy groups -OCH3 is 1. The summed E-state index contributed by atoms with van der Waals surface area (Å²) in [4.78, 5) is 46.3. The highest BCUT2D eigenvalue weighted by Crippen LogP contribution is 2.30. The Kier molecular flexibility index (Phi) is 9.76. The van der Waals surface area contributed by atoms with Crippen LogP contribution in [0.1, 0.15) is 91.7 Å². The molecule has 0 aromatic carbocycles. The van der Waals surface area contributed by atoms with E-state index in [0.717, 1.165) is 24.1 Å². The average molecular weight is 519 g/mol. The molecule has 1 aromatic rings. The number of hydrogen-bond donors (Lipinski definition) is 2. The van der Waals surface area contributed by atoms with E-state index in [1.54, 1.807) is 6.20 Å². The molecule has 4 rings (SSSR count). The second-order valence-electron chi connectivity index (χ2n) is 10.9. The molecule has 2 heterocycles. The number of ether oxygens (including phenoxy) is 1. The molecule has 2 saturated carbocycles. The highest BCUT2D eigenvalue weighted by Gasteiger charge is 2.40. The maximum atomic E-state index is 13.9. The summed E-state index contributed by atoms with van der Waals surface area (Å²) in [5.41, 5.74) is 0. The maximum absolute atomic E-state index is 13.9. The first-order valence-electron chi connectivity index (χ1n) is 13.8. The van der Waals surface area contributed by atoms with Gasteiger partial charge in [0.2, 0.25) is 5.91 Å². The van der Waals surface area contributed by atoms with Gasteiger partial charge in [0.1, 0.15) is 0 Å². The number of rotatable bonds is 8. The van der Waals surface area contributed by atoms with E-state index in [1.165, 1.54) is 69.8 Å². The van der Waals surface area contributed by atoms with Gasteiger partial charge >= 0.3 is 5.97 Å². The number of aryl methyl sites for hydroxylation is 1. The zero-order chi connectivity index (χ0) is 25.5. The third-order valence-electron chi connectivity index (χ3n) is 8.19. The van der Waals surface area contributed by atoms with Gasteiger partial charge in [-0.05, 0) is 38.5 Å². The van der Waals surface area contributed by atoms with Crippen LogP contribution in [0.3, 0.4) is 0 Å². The van der Waals surface area contributed by atoms with E-state index in [2.05, 4.69) is 15.6 Å². The van der Waals surface area contributed by atoms with E-state index in [4.69, 9.17) is 4.74 Å². The van der Waals surface area contributed by atoms with E-state index in [-0.39, 0.29) is 30.4 Å². The van der Waals surface area contributed by atoms with Crippen molar-refractivity contribution in [1.29, 1.82) is 0 Å². The van der Waals surface area contributed by atoms with E-state index in [0.29, 0.717) is 29.9 Å². The second kappa shape index (κ2) is 13.0. The molecule has 0 bridgehead atoms. The molecule has 3 aliphatic rings. The fraction of sp³-hybridized carbons (Fsp3) is 0.778. The summed E-state index contributed by atoms with van der Waals surface area (Å²) in [6.07, 6.45) is 15.2. The molecule has 9 heteroatoms. The molecule has 200 valence electrons. The minimum atomic E-state index is -0.595. The van der Waals surface area contributed by atoms with Crippen LogP contribution in [0.4, 0.5) is 0 Å². The summed E-state index contributed by atoms with van der Waals surface area (Å²) in [6.45, 7) is 2.68. The van der Waals surface area contributed by atoms with E-state index in [9.17, 15) is 14.4 Å². The van der Waals surface area contributed by atoms with E-state index < -0.39 is 11.9 Å². The van der Waals surface area contributed by atoms with Gasteiger partial charge in [-0.3, -0.25) is 14.4 Å². The van der Waals surface area contributed by atoms with Gasteiger partial charge in [-0.15, -0.1) is 11.3 Å². The molecule has 1 saturated heterocycles. The molecule has 3 atom stereocenters. The van der Waals surface area contributed by atoms with Crippen molar-refractivity contribution in [3.8, 4) is 0 Å². The largest absolute Gasteiger partial charge is 0.469 e. The number of esters is 1. The normalized spacial score (nSPS) is 24.8. The molecule has 1 aromatic heterocycles. The number of thiazole rings is 1. The van der Waals surface area contributed by atoms with Gasteiger partial charge in [-0.2, -0.15) is 0 Å². The fourth-order valence-electron chi connectivity index (χ4n) is 6.18. The van der Waals surface area contributed by atoms with Crippen LogP contribution in [-0.2, 0) is 14.3 Å². The van der Waals surface area contributed by atoms with Gasteiger partial charge < -0.3 is 20.3 Å². The lowest BCUT2D eigenvalue weighted by Crippen LogP contribution is -2.59. The van der Waals surface area contributed by atoms with Gasteiger partial charge in [-0.25, -0.2) is 4.98 Å². The van der Waals surface area contributed by atoms with Crippen molar-refractivity contribution in [2.75, 3.05) is 20.2 Å². The van der Waals surface area contributed by atoms with Crippen LogP contribution >= 0.6 is 11.3 Å². The second-order valence-corrected chi connectivity index (χ2v) is 12.1. The van der Waals surface area contributed by atoms with Crippen molar-refractivity contribution < 1.29 is 19.1 Å². The zero-order valence-corrected chi connectivity index (χ0v) is 22.6. The van der Waals surface area contributed by atoms with Gasteiger partial charge in [0.15, 0.2) is 5.01 Å². The Balaban J connectivity index is 1.43. The predicted octanol–water partition coefficient (Wildman–Crippen LogP) is 3.83. The molecule has 1 aliphatic heterocycles. The Labute approximate surface area is 218 Å². The van der Waals surface area contributed by atoms with Gasteiger partial charge in [0.25, 0.3) is 5.91 Å². The van der Waals surface area contributed by atoms with Crippen molar-refractivity contribution in [3.05, 3.63) is 16.1 Å². The summed E-state index contributed by atoms with van der Waals surface area (Å²) in [7, 11) is 1.36. The van der Waals surface area contributed by atoms with Crippen molar-refractivity contribution in [3.63, 3.8) is 0 Å². The molecule has 2 amide bonds. The molecule has 8 nitrogen and oxygen atoms in total. The number of nitrogens with zero attached hydrogens (tertiary/aromatic N) is 2. The molecule has 2 aliphatic carbocycles. The molecule has 3 fully saturated rings. The van der Waals surface area contributed by atoms with Crippen LogP contribution in [0.5, 0.6) is 0 Å². The number of amides is 2. The number of hydrogen-bond acceptors (Lipinski definition) is 7. The lowest BCUT2D eigenvalue weighted by molar-refractivity contribution is -0.150. The lowest BCUT2D eigenvalue weighted by Gasteiger charge is -2.40.